The van der Waals surface area contributed by atoms with Crippen molar-refractivity contribution in [2.75, 3.05) is 26.2 Å². The van der Waals surface area contributed by atoms with E-state index in [0.717, 1.165) is 43.1 Å². The molecule has 1 N–H and O–H groups in total. The van der Waals surface area contributed by atoms with Crippen LogP contribution in [0.5, 0.6) is 0 Å². The third kappa shape index (κ3) is 4.79. The van der Waals surface area contributed by atoms with Gasteiger partial charge in [-0.25, -0.2) is 8.42 Å². The molecule has 148 valence electrons. The van der Waals surface area contributed by atoms with E-state index < -0.39 is 10.0 Å². The van der Waals surface area contributed by atoms with E-state index in [9.17, 15) is 8.42 Å². The van der Waals surface area contributed by atoms with Crippen molar-refractivity contribution < 1.29 is 17.6 Å². The van der Waals surface area contributed by atoms with E-state index in [-0.39, 0.29) is 0 Å². The number of benzene rings is 1. The molecular formula is C20H28N2O4S. The summed E-state index contributed by atoms with van der Waals surface area (Å²) in [4.78, 5) is 0.306. The number of ether oxygens (including phenoxy) is 1. The number of rotatable bonds is 9. The van der Waals surface area contributed by atoms with Crippen LogP contribution in [-0.2, 0) is 21.3 Å². The van der Waals surface area contributed by atoms with Gasteiger partial charge in [0.05, 0.1) is 17.5 Å². The zero-order valence-electron chi connectivity index (χ0n) is 16.0. The summed E-state index contributed by atoms with van der Waals surface area (Å²) in [5.41, 5.74) is 0.860. The van der Waals surface area contributed by atoms with Crippen LogP contribution in [0.15, 0.2) is 45.7 Å². The topological polar surface area (TPSA) is 71.8 Å². The van der Waals surface area contributed by atoms with Gasteiger partial charge in [-0.1, -0.05) is 13.8 Å². The van der Waals surface area contributed by atoms with Crippen molar-refractivity contribution in [2.24, 2.45) is 0 Å². The average molecular weight is 393 g/mol. The number of furan rings is 1. The summed E-state index contributed by atoms with van der Waals surface area (Å²) in [6, 6.07) is 10.7. The van der Waals surface area contributed by atoms with Crippen molar-refractivity contribution in [2.45, 2.75) is 44.2 Å². The predicted octanol–water partition coefficient (Wildman–Crippen LogP) is 3.25. The highest BCUT2D eigenvalue weighted by Gasteiger charge is 2.21. The minimum atomic E-state index is -3.43. The van der Waals surface area contributed by atoms with Crippen molar-refractivity contribution in [3.05, 3.63) is 42.2 Å². The van der Waals surface area contributed by atoms with Crippen LogP contribution in [0.1, 0.15) is 32.4 Å². The second-order valence-electron chi connectivity index (χ2n) is 6.65. The molecule has 27 heavy (non-hydrogen) atoms. The molecule has 1 atom stereocenters. The van der Waals surface area contributed by atoms with Crippen LogP contribution in [0.25, 0.3) is 11.3 Å². The van der Waals surface area contributed by atoms with E-state index in [1.165, 1.54) is 4.31 Å². The Balaban J connectivity index is 1.62. The smallest absolute Gasteiger partial charge is 0.243 e. The molecule has 0 aliphatic carbocycles. The highest BCUT2D eigenvalue weighted by atomic mass is 32.2. The number of nitrogens with zero attached hydrogens (tertiary/aromatic N) is 1. The molecule has 0 amide bonds. The first-order valence-corrected chi connectivity index (χ1v) is 11.0. The maximum atomic E-state index is 12.6. The molecule has 7 heteroatoms. The standard InChI is InChI=1S/C20H28N2O4S/c1-3-22(4-2)27(23,24)19-10-7-16(8-11-19)20-12-9-18(26-20)15-21-14-17-6-5-13-25-17/h7-12,17,21H,3-6,13-15H2,1-2H3/t17-/m1/s1. The van der Waals surface area contributed by atoms with Crippen molar-refractivity contribution in [3.63, 3.8) is 0 Å². The average Bonchev–Trinajstić information content (AvgIpc) is 3.35. The molecule has 0 radical (unpaired) electrons. The molecule has 2 heterocycles. The van der Waals surface area contributed by atoms with Gasteiger partial charge in [0.1, 0.15) is 11.5 Å². The molecule has 0 spiro atoms. The first-order valence-electron chi connectivity index (χ1n) is 9.56. The summed E-state index contributed by atoms with van der Waals surface area (Å²) in [5, 5.41) is 3.36. The van der Waals surface area contributed by atoms with Crippen LogP contribution >= 0.6 is 0 Å². The molecule has 1 aliphatic heterocycles. The molecule has 1 aliphatic rings. The summed E-state index contributed by atoms with van der Waals surface area (Å²) in [6.45, 7) is 6.93. The van der Waals surface area contributed by atoms with Gasteiger partial charge in [-0.2, -0.15) is 4.31 Å². The fourth-order valence-corrected chi connectivity index (χ4v) is 4.75. The van der Waals surface area contributed by atoms with Gasteiger partial charge in [0.25, 0.3) is 0 Å². The van der Waals surface area contributed by atoms with Gasteiger partial charge in [-0.05, 0) is 49.2 Å². The molecule has 1 fully saturated rings. The second kappa shape index (κ2) is 9.01. The number of hydrogen-bond acceptors (Lipinski definition) is 5. The van der Waals surface area contributed by atoms with Gasteiger partial charge in [0.15, 0.2) is 0 Å². The summed E-state index contributed by atoms with van der Waals surface area (Å²) in [6.07, 6.45) is 2.55. The van der Waals surface area contributed by atoms with Crippen LogP contribution in [0.3, 0.4) is 0 Å². The fourth-order valence-electron chi connectivity index (χ4n) is 3.29. The maximum absolute atomic E-state index is 12.6. The number of hydrogen-bond donors (Lipinski definition) is 1. The molecule has 0 bridgehead atoms. The summed E-state index contributed by atoms with van der Waals surface area (Å²) in [7, 11) is -3.43. The minimum Gasteiger partial charge on any atom is -0.460 e. The monoisotopic (exact) mass is 392 g/mol. The molecule has 1 aromatic carbocycles. The minimum absolute atomic E-state index is 0.305. The molecular weight excluding hydrogens is 364 g/mol. The van der Waals surface area contributed by atoms with E-state index in [2.05, 4.69) is 5.32 Å². The number of sulfonamides is 1. The van der Waals surface area contributed by atoms with E-state index in [1.807, 2.05) is 26.0 Å². The van der Waals surface area contributed by atoms with Crippen LogP contribution < -0.4 is 5.32 Å². The van der Waals surface area contributed by atoms with Crippen LogP contribution in [-0.4, -0.2) is 45.1 Å². The zero-order chi connectivity index (χ0) is 19.3. The molecule has 0 saturated carbocycles. The Bertz CT molecular complexity index is 820. The molecule has 0 unspecified atom stereocenters. The van der Waals surface area contributed by atoms with E-state index >= 15 is 0 Å². The first kappa shape index (κ1) is 20.1. The van der Waals surface area contributed by atoms with Crippen LogP contribution in [0, 0.1) is 0 Å². The predicted molar refractivity (Wildman–Crippen MR) is 105 cm³/mol. The van der Waals surface area contributed by atoms with Gasteiger partial charge >= 0.3 is 0 Å². The Kier molecular flexibility index (Phi) is 6.70. The Labute approximate surface area is 161 Å². The SMILES string of the molecule is CCN(CC)S(=O)(=O)c1ccc(-c2ccc(CNC[C@H]3CCCO3)o2)cc1. The molecule has 1 aromatic heterocycles. The molecule has 1 saturated heterocycles. The Morgan fingerprint density at radius 1 is 1.11 bits per heavy atom. The Morgan fingerprint density at radius 2 is 1.85 bits per heavy atom. The highest BCUT2D eigenvalue weighted by Crippen LogP contribution is 2.25. The lowest BCUT2D eigenvalue weighted by Gasteiger charge is -2.18. The lowest BCUT2D eigenvalue weighted by molar-refractivity contribution is 0.109. The lowest BCUT2D eigenvalue weighted by Crippen LogP contribution is -2.30. The first-order chi connectivity index (χ1) is 13.0. The third-order valence-corrected chi connectivity index (χ3v) is 6.90. The van der Waals surface area contributed by atoms with E-state index in [0.29, 0.717) is 30.6 Å². The van der Waals surface area contributed by atoms with Crippen molar-refractivity contribution >= 4 is 10.0 Å². The normalized spacial score (nSPS) is 17.7. The van der Waals surface area contributed by atoms with Gasteiger partial charge in [-0.15, -0.1) is 0 Å². The summed E-state index contributed by atoms with van der Waals surface area (Å²) < 4.78 is 38.0. The van der Waals surface area contributed by atoms with Gasteiger partial charge in [0.2, 0.25) is 10.0 Å². The summed E-state index contributed by atoms with van der Waals surface area (Å²) in [5.74, 6) is 1.58. The van der Waals surface area contributed by atoms with E-state index in [4.69, 9.17) is 9.15 Å². The lowest BCUT2D eigenvalue weighted by atomic mass is 10.2. The third-order valence-electron chi connectivity index (χ3n) is 4.84. The van der Waals surface area contributed by atoms with Crippen molar-refractivity contribution in [1.82, 2.24) is 9.62 Å². The molecule has 3 rings (SSSR count). The van der Waals surface area contributed by atoms with Crippen LogP contribution in [0.4, 0.5) is 0 Å². The van der Waals surface area contributed by atoms with Crippen LogP contribution in [0.2, 0.25) is 0 Å². The quantitative estimate of drug-likeness (QED) is 0.709. The van der Waals surface area contributed by atoms with Gasteiger partial charge < -0.3 is 14.5 Å². The Hall–Kier alpha value is -1.67. The molecule has 2 aromatic rings. The maximum Gasteiger partial charge on any atom is 0.243 e. The second-order valence-corrected chi connectivity index (χ2v) is 8.58. The van der Waals surface area contributed by atoms with Crippen molar-refractivity contribution in [3.8, 4) is 11.3 Å². The molecule has 6 nitrogen and oxygen atoms in total. The van der Waals surface area contributed by atoms with E-state index in [1.54, 1.807) is 24.3 Å². The van der Waals surface area contributed by atoms with Gasteiger partial charge in [0, 0.05) is 31.8 Å². The zero-order valence-corrected chi connectivity index (χ0v) is 16.8. The summed E-state index contributed by atoms with van der Waals surface area (Å²) >= 11 is 0. The number of nitrogens with one attached hydrogen (secondary N) is 1. The fraction of sp³-hybridized carbons (Fsp3) is 0.500. The Morgan fingerprint density at radius 3 is 2.48 bits per heavy atom. The largest absolute Gasteiger partial charge is 0.460 e. The van der Waals surface area contributed by atoms with Gasteiger partial charge in [-0.3, -0.25) is 0 Å². The van der Waals surface area contributed by atoms with Crippen molar-refractivity contribution in [1.29, 1.82) is 0 Å². The highest BCUT2D eigenvalue weighted by molar-refractivity contribution is 7.89.